The molecule has 2 heterocycles. The molecule has 2 saturated heterocycles. The van der Waals surface area contributed by atoms with Gasteiger partial charge in [0.25, 0.3) is 0 Å². The van der Waals surface area contributed by atoms with Crippen LogP contribution in [-0.2, 0) is 59.2 Å². The molecule has 0 spiro atoms. The van der Waals surface area contributed by atoms with Crippen molar-refractivity contribution in [3.8, 4) is 5.75 Å². The molecule has 3 rings (SSSR count). The zero-order valence-electron chi connectivity index (χ0n) is 39.9. The molecule has 0 bridgehead atoms. The Balaban J connectivity index is 2.02. The van der Waals surface area contributed by atoms with Crippen LogP contribution in [0.25, 0.3) is 0 Å². The van der Waals surface area contributed by atoms with Crippen molar-refractivity contribution >= 4 is 76.7 Å². The van der Waals surface area contributed by atoms with Crippen LogP contribution < -0.4 is 59.2 Å². The van der Waals surface area contributed by atoms with Crippen LogP contribution in [0.1, 0.15) is 91.0 Å². The SMILES string of the molecule is CC[C@H](C)[C@@H]1NC(=O)[C@H](Cc2ccc(OC)cc2)NC(=O)CCCSC[C@@H](C(=O)N2CCC[C@H]2C(=O)N[C@@H](CC(C)C)C(=O)NCC(N)=O)NC(=O)[C@@H](CC(N)=O)NC(=O)[C@H](CCC(N)=O)NC1=O. The first-order valence-electron chi connectivity index (χ1n) is 23.1. The number of hydrogen-bond donors (Lipinski definition) is 10. The number of amides is 11. The molecule has 8 atom stereocenters. The van der Waals surface area contributed by atoms with Gasteiger partial charge in [-0.3, -0.25) is 52.7 Å². The van der Waals surface area contributed by atoms with Crippen LogP contribution >= 0.6 is 11.8 Å². The largest absolute Gasteiger partial charge is 0.497 e. The van der Waals surface area contributed by atoms with E-state index in [1.54, 1.807) is 38.1 Å². The highest BCUT2D eigenvalue weighted by Gasteiger charge is 2.40. The topological polar surface area (TPSA) is 363 Å². The summed E-state index contributed by atoms with van der Waals surface area (Å²) in [6.45, 7) is 6.75. The molecule has 0 saturated carbocycles. The summed E-state index contributed by atoms with van der Waals surface area (Å²) in [5.74, 6) is -8.59. The molecule has 0 radical (unpaired) electrons. The average Bonchev–Trinajstić information content (AvgIpc) is 3.79. The summed E-state index contributed by atoms with van der Waals surface area (Å²) in [5.41, 5.74) is 16.8. The summed E-state index contributed by atoms with van der Waals surface area (Å²) < 4.78 is 5.25. The number of nitrogens with zero attached hydrogens (tertiary/aromatic N) is 1. The number of thioether (sulfide) groups is 1. The number of carbonyl (C=O) groups is 11. The van der Waals surface area contributed by atoms with E-state index in [9.17, 15) is 52.7 Å². The number of hydrogen-bond acceptors (Lipinski definition) is 13. The molecule has 11 amide bonds. The fourth-order valence-corrected chi connectivity index (χ4v) is 8.66. The van der Waals surface area contributed by atoms with Gasteiger partial charge in [0.2, 0.25) is 65.0 Å². The number of likely N-dealkylation sites (tertiary alicyclic amines) is 1. The fraction of sp³-hybridized carbons (Fsp3) is 0.622. The van der Waals surface area contributed by atoms with Gasteiger partial charge in [-0.05, 0) is 67.4 Å². The normalized spacial score (nSPS) is 23.2. The monoisotopic (exact) mass is 987 g/mol. The van der Waals surface area contributed by atoms with Crippen LogP contribution in [0.15, 0.2) is 24.3 Å². The van der Waals surface area contributed by atoms with Crippen LogP contribution in [0.3, 0.4) is 0 Å². The van der Waals surface area contributed by atoms with Gasteiger partial charge in [0.1, 0.15) is 48.0 Å². The molecule has 2 aliphatic heterocycles. The van der Waals surface area contributed by atoms with Gasteiger partial charge < -0.3 is 64.1 Å². The lowest BCUT2D eigenvalue weighted by Crippen LogP contribution is -2.61. The first-order chi connectivity index (χ1) is 32.6. The van der Waals surface area contributed by atoms with Gasteiger partial charge in [-0.2, -0.15) is 11.8 Å². The Morgan fingerprint density at radius 3 is 2.07 bits per heavy atom. The molecule has 0 unspecified atom stereocenters. The second-order valence-corrected chi connectivity index (χ2v) is 18.8. The van der Waals surface area contributed by atoms with E-state index in [1.165, 1.54) is 23.8 Å². The van der Waals surface area contributed by atoms with Crippen LogP contribution in [0.2, 0.25) is 0 Å². The summed E-state index contributed by atoms with van der Waals surface area (Å²) >= 11 is 1.18. The average molecular weight is 988 g/mol. The van der Waals surface area contributed by atoms with Crippen LogP contribution in [0, 0.1) is 11.8 Å². The van der Waals surface area contributed by atoms with Crippen LogP contribution in [-0.4, -0.2) is 144 Å². The zero-order chi connectivity index (χ0) is 51.4. The molecule has 0 aliphatic carbocycles. The van der Waals surface area contributed by atoms with E-state index in [1.807, 2.05) is 13.8 Å². The predicted octanol–water partition coefficient (Wildman–Crippen LogP) is -2.50. The van der Waals surface area contributed by atoms with Crippen molar-refractivity contribution in [1.82, 2.24) is 42.1 Å². The Bertz CT molecular complexity index is 2020. The van der Waals surface area contributed by atoms with Crippen molar-refractivity contribution in [1.29, 1.82) is 0 Å². The van der Waals surface area contributed by atoms with Gasteiger partial charge in [-0.1, -0.05) is 46.2 Å². The molecule has 13 N–H and O–H groups in total. The number of rotatable bonds is 18. The maximum Gasteiger partial charge on any atom is 0.246 e. The van der Waals surface area contributed by atoms with E-state index in [2.05, 4.69) is 37.2 Å². The molecular weight excluding hydrogens is 919 g/mol. The van der Waals surface area contributed by atoms with Gasteiger partial charge in [-0.25, -0.2) is 0 Å². The Morgan fingerprint density at radius 2 is 1.46 bits per heavy atom. The number of methoxy groups -OCH3 is 1. The molecule has 2 fully saturated rings. The Morgan fingerprint density at radius 1 is 0.812 bits per heavy atom. The van der Waals surface area contributed by atoms with Crippen molar-refractivity contribution in [2.24, 2.45) is 29.0 Å². The molecule has 69 heavy (non-hydrogen) atoms. The molecule has 2 aliphatic rings. The second kappa shape index (κ2) is 28.1. The van der Waals surface area contributed by atoms with E-state index in [-0.39, 0.29) is 62.5 Å². The first-order valence-corrected chi connectivity index (χ1v) is 24.2. The lowest BCUT2D eigenvalue weighted by atomic mass is 9.96. The van der Waals surface area contributed by atoms with E-state index in [0.717, 1.165) is 0 Å². The van der Waals surface area contributed by atoms with E-state index >= 15 is 0 Å². The Kier molecular flexibility index (Phi) is 23.2. The molecule has 382 valence electrons. The second-order valence-electron chi connectivity index (χ2n) is 17.6. The third-order valence-electron chi connectivity index (χ3n) is 11.6. The minimum Gasteiger partial charge on any atom is -0.497 e. The van der Waals surface area contributed by atoms with Crippen molar-refractivity contribution < 1.29 is 57.5 Å². The minimum absolute atomic E-state index is 0.0237. The summed E-state index contributed by atoms with van der Waals surface area (Å²) in [5, 5.41) is 18.2. The van der Waals surface area contributed by atoms with E-state index < -0.39 is 133 Å². The molecule has 1 aromatic rings. The summed E-state index contributed by atoms with van der Waals surface area (Å²) in [7, 11) is 1.50. The summed E-state index contributed by atoms with van der Waals surface area (Å²) in [6, 6.07) is -2.40. The summed E-state index contributed by atoms with van der Waals surface area (Å²) in [4.78, 5) is 148. The lowest BCUT2D eigenvalue weighted by Gasteiger charge is -2.31. The molecule has 23 nitrogen and oxygen atoms in total. The standard InChI is InChI=1S/C45H69N11O12S/c1-6-25(4)38-44(66)51-28(15-16-34(46)57)40(62)52-31(21-35(47)58)41(63)54-32(23-69-18-8-10-37(60)50-30(42(64)55-38)20-26-11-13-27(68-5)14-12-26)45(67)56-17-7-9-33(56)43(65)53-29(19-24(2)3)39(61)49-22-36(48)59/h11-14,24-25,28-33,38H,6-10,15-23H2,1-5H3,(H2,46,57)(H2,47,58)(H2,48,59)(H,49,61)(H,50,60)(H,51,66)(H,52,62)(H,53,65)(H,54,63)(H,55,64)/t25-,28-,29-,30-,31+,32-,33-,38-/m0/s1. The van der Waals surface area contributed by atoms with Crippen molar-refractivity contribution in [3.05, 3.63) is 29.8 Å². The molecular formula is C45H69N11O12S. The fourth-order valence-electron chi connectivity index (χ4n) is 7.68. The van der Waals surface area contributed by atoms with Crippen LogP contribution in [0.5, 0.6) is 5.75 Å². The smallest absolute Gasteiger partial charge is 0.246 e. The van der Waals surface area contributed by atoms with Crippen molar-refractivity contribution in [2.45, 2.75) is 134 Å². The number of nitrogens with two attached hydrogens (primary N) is 3. The third-order valence-corrected chi connectivity index (χ3v) is 12.7. The van der Waals surface area contributed by atoms with E-state index in [4.69, 9.17) is 21.9 Å². The molecule has 1 aromatic carbocycles. The van der Waals surface area contributed by atoms with E-state index in [0.29, 0.717) is 24.2 Å². The number of carbonyl (C=O) groups excluding carboxylic acids is 11. The molecule has 24 heteroatoms. The van der Waals surface area contributed by atoms with Gasteiger partial charge in [0.05, 0.1) is 20.1 Å². The number of ether oxygens (including phenoxy) is 1. The Hall–Kier alpha value is -6.46. The van der Waals surface area contributed by atoms with Gasteiger partial charge >= 0.3 is 0 Å². The maximum atomic E-state index is 14.5. The Labute approximate surface area is 405 Å². The maximum absolute atomic E-state index is 14.5. The van der Waals surface area contributed by atoms with Gasteiger partial charge in [0, 0.05) is 31.6 Å². The number of nitrogens with one attached hydrogen (secondary N) is 7. The number of primary amides is 3. The van der Waals surface area contributed by atoms with Crippen molar-refractivity contribution in [3.63, 3.8) is 0 Å². The highest BCUT2D eigenvalue weighted by molar-refractivity contribution is 7.99. The first kappa shape index (κ1) is 56.9. The highest BCUT2D eigenvalue weighted by atomic mass is 32.2. The van der Waals surface area contributed by atoms with Gasteiger partial charge in [-0.15, -0.1) is 0 Å². The minimum atomic E-state index is -1.71. The van der Waals surface area contributed by atoms with Crippen LogP contribution in [0.4, 0.5) is 0 Å². The predicted molar refractivity (Wildman–Crippen MR) is 253 cm³/mol. The quantitative estimate of drug-likeness (QED) is 0.0728. The van der Waals surface area contributed by atoms with Crippen molar-refractivity contribution in [2.75, 3.05) is 31.7 Å². The zero-order valence-corrected chi connectivity index (χ0v) is 40.7. The lowest BCUT2D eigenvalue weighted by molar-refractivity contribution is -0.142. The molecule has 0 aromatic heterocycles. The van der Waals surface area contributed by atoms with Gasteiger partial charge in [0.15, 0.2) is 0 Å². The summed E-state index contributed by atoms with van der Waals surface area (Å²) in [6.07, 6.45) is -0.176. The third kappa shape index (κ3) is 18.9. The number of benzene rings is 1. The highest BCUT2D eigenvalue weighted by Crippen LogP contribution is 2.22.